The molecule has 2 amide bonds. The lowest BCUT2D eigenvalue weighted by molar-refractivity contribution is -0.133. The first-order chi connectivity index (χ1) is 23.6. The molecule has 0 spiro atoms. The fourth-order valence-electron chi connectivity index (χ4n) is 3.74. The molecule has 4 aromatic rings. The first-order valence-electron chi connectivity index (χ1n) is 13.8. The van der Waals surface area contributed by atoms with Crippen molar-refractivity contribution in [3.8, 4) is 5.75 Å². The zero-order chi connectivity index (χ0) is 36.5. The summed E-state index contributed by atoms with van der Waals surface area (Å²) in [6.45, 7) is 0.940. The van der Waals surface area contributed by atoms with Gasteiger partial charge in [0.05, 0.1) is 35.3 Å². The number of hydrogen-bond acceptors (Lipinski definition) is 15. The number of carbonyl (C=O) groups excluding carboxylic acids is 2. The molecule has 0 aliphatic rings. The molecule has 50 heavy (non-hydrogen) atoms. The third kappa shape index (κ3) is 11.7. The number of nitrogens with one attached hydrogen (secondary N) is 4. The van der Waals surface area contributed by atoms with Gasteiger partial charge in [-0.1, -0.05) is 0 Å². The summed E-state index contributed by atoms with van der Waals surface area (Å²) in [5, 5.41) is 10.3. The monoisotopic (exact) mass is 771 g/mol. The van der Waals surface area contributed by atoms with E-state index in [2.05, 4.69) is 40.4 Å². The molecular weight excluding hydrogens is 746 g/mol. The third-order valence-corrected chi connectivity index (χ3v) is 8.34. The second-order valence-electron chi connectivity index (χ2n) is 9.38. The van der Waals surface area contributed by atoms with E-state index in [1.54, 1.807) is 6.92 Å². The van der Waals surface area contributed by atoms with E-state index < -0.39 is 54.9 Å². The van der Waals surface area contributed by atoms with Crippen molar-refractivity contribution >= 4 is 89.7 Å². The SMILES string of the molecule is CCOc1ccc(S(=O)(=O)O)cc1NC(=O)C(=O)Nc1ccc(Nc2nc(Cl)nc(Nc3ccc(S(=O)OCCOS(=O)(=O)O)cc3)n2)cc1. The van der Waals surface area contributed by atoms with Crippen LogP contribution < -0.4 is 26.0 Å². The average Bonchev–Trinajstić information content (AvgIpc) is 3.04. The molecule has 0 saturated carbocycles. The van der Waals surface area contributed by atoms with Gasteiger partial charge in [0.15, 0.2) is 11.1 Å². The van der Waals surface area contributed by atoms with Crippen LogP contribution in [0, 0.1) is 0 Å². The summed E-state index contributed by atoms with van der Waals surface area (Å²) < 4.78 is 88.6. The Morgan fingerprint density at radius 2 is 1.36 bits per heavy atom. The second kappa shape index (κ2) is 16.7. The van der Waals surface area contributed by atoms with Gasteiger partial charge in [-0.15, -0.1) is 0 Å². The van der Waals surface area contributed by atoms with E-state index in [1.165, 1.54) is 54.6 Å². The molecule has 0 fully saturated rings. The van der Waals surface area contributed by atoms with E-state index in [-0.39, 0.29) is 52.4 Å². The first kappa shape index (κ1) is 38.0. The van der Waals surface area contributed by atoms with Crippen molar-refractivity contribution in [2.24, 2.45) is 0 Å². The largest absolute Gasteiger partial charge is 0.492 e. The fourth-order valence-corrected chi connectivity index (χ4v) is 5.40. The van der Waals surface area contributed by atoms with E-state index in [0.717, 1.165) is 12.1 Å². The summed E-state index contributed by atoms with van der Waals surface area (Å²) in [5.74, 6) is -2.05. The van der Waals surface area contributed by atoms with Gasteiger partial charge >= 0.3 is 22.2 Å². The van der Waals surface area contributed by atoms with E-state index in [4.69, 9.17) is 25.1 Å². The summed E-state index contributed by atoms with van der Waals surface area (Å²) in [5.41, 5.74) is 1.01. The molecule has 1 heterocycles. The molecule has 23 heteroatoms. The van der Waals surface area contributed by atoms with Crippen LogP contribution in [0.1, 0.15) is 6.92 Å². The highest BCUT2D eigenvalue weighted by molar-refractivity contribution is 7.85. The number of amides is 2. The lowest BCUT2D eigenvalue weighted by atomic mass is 10.2. The maximum atomic E-state index is 12.6. The van der Waals surface area contributed by atoms with E-state index >= 15 is 0 Å². The minimum Gasteiger partial charge on any atom is -0.492 e. The van der Waals surface area contributed by atoms with Crippen molar-refractivity contribution in [2.45, 2.75) is 16.7 Å². The Hall–Kier alpha value is -4.81. The van der Waals surface area contributed by atoms with Crippen LogP contribution in [0.25, 0.3) is 0 Å². The fraction of sp³-hybridized carbons (Fsp3) is 0.148. The number of hydrogen-bond donors (Lipinski definition) is 6. The summed E-state index contributed by atoms with van der Waals surface area (Å²) in [4.78, 5) is 37.1. The highest BCUT2D eigenvalue weighted by Gasteiger charge is 2.19. The van der Waals surface area contributed by atoms with Crippen molar-refractivity contribution in [3.05, 3.63) is 72.0 Å². The predicted octanol–water partition coefficient (Wildman–Crippen LogP) is 3.09. The van der Waals surface area contributed by atoms with E-state index in [0.29, 0.717) is 11.4 Å². The van der Waals surface area contributed by atoms with Crippen LogP contribution in [0.4, 0.5) is 34.6 Å². The quantitative estimate of drug-likeness (QED) is 0.0575. The van der Waals surface area contributed by atoms with Gasteiger partial charge in [-0.2, -0.15) is 31.8 Å². The molecule has 1 unspecified atom stereocenters. The number of ether oxygens (including phenoxy) is 1. The highest BCUT2D eigenvalue weighted by atomic mass is 35.5. The van der Waals surface area contributed by atoms with E-state index in [1.807, 2.05) is 0 Å². The van der Waals surface area contributed by atoms with Crippen molar-refractivity contribution in [2.75, 3.05) is 41.1 Å². The van der Waals surface area contributed by atoms with Crippen LogP contribution in [0.3, 0.4) is 0 Å². The van der Waals surface area contributed by atoms with Crippen LogP contribution >= 0.6 is 11.6 Å². The third-order valence-electron chi connectivity index (χ3n) is 5.82. The normalized spacial score (nSPS) is 12.1. The van der Waals surface area contributed by atoms with Gasteiger partial charge in [0.25, 0.3) is 10.1 Å². The lowest BCUT2D eigenvalue weighted by Crippen LogP contribution is -2.29. The smallest absolute Gasteiger partial charge is 0.397 e. The number of rotatable bonds is 15. The molecule has 4 rings (SSSR count). The molecule has 19 nitrogen and oxygen atoms in total. The van der Waals surface area contributed by atoms with Gasteiger partial charge in [-0.25, -0.2) is 8.39 Å². The predicted molar refractivity (Wildman–Crippen MR) is 179 cm³/mol. The zero-order valence-corrected chi connectivity index (χ0v) is 28.6. The van der Waals surface area contributed by atoms with Gasteiger partial charge in [0.1, 0.15) is 5.75 Å². The Bertz CT molecular complexity index is 2110. The minimum atomic E-state index is -4.63. The zero-order valence-electron chi connectivity index (χ0n) is 25.4. The number of anilines is 6. The van der Waals surface area contributed by atoms with Crippen LogP contribution in [0.5, 0.6) is 5.75 Å². The number of benzene rings is 3. The molecule has 0 aliphatic heterocycles. The Morgan fingerprint density at radius 1 is 0.800 bits per heavy atom. The highest BCUT2D eigenvalue weighted by Crippen LogP contribution is 2.28. The summed E-state index contributed by atoms with van der Waals surface area (Å²) in [6.07, 6.45) is 0. The van der Waals surface area contributed by atoms with Gasteiger partial charge < -0.3 is 26.0 Å². The van der Waals surface area contributed by atoms with Gasteiger partial charge in [0, 0.05) is 17.1 Å². The van der Waals surface area contributed by atoms with Crippen molar-refractivity contribution < 1.29 is 52.8 Å². The summed E-state index contributed by atoms with van der Waals surface area (Å²) in [6, 6.07) is 15.3. The van der Waals surface area contributed by atoms with Gasteiger partial charge in [0.2, 0.25) is 17.2 Å². The molecule has 3 aromatic carbocycles. The molecule has 0 aliphatic carbocycles. The summed E-state index contributed by atoms with van der Waals surface area (Å²) in [7, 11) is -9.22. The Kier molecular flexibility index (Phi) is 12.7. The molecule has 0 radical (unpaired) electrons. The summed E-state index contributed by atoms with van der Waals surface area (Å²) >= 11 is 4.12. The van der Waals surface area contributed by atoms with Crippen LogP contribution in [0.15, 0.2) is 76.5 Å². The molecule has 6 N–H and O–H groups in total. The van der Waals surface area contributed by atoms with Crippen LogP contribution in [-0.4, -0.2) is 76.7 Å². The average molecular weight is 772 g/mol. The van der Waals surface area contributed by atoms with Crippen LogP contribution in [-0.2, 0) is 49.6 Å². The molecule has 1 atom stereocenters. The maximum absolute atomic E-state index is 12.6. The number of aromatic nitrogens is 3. The molecule has 266 valence electrons. The number of carbonyl (C=O) groups is 2. The lowest BCUT2D eigenvalue weighted by Gasteiger charge is -2.13. The molecule has 0 bridgehead atoms. The standard InChI is InChI=1S/C27H26ClN7O12S3/c1-2-45-22-12-11-20(49(39,40)41)15-21(22)32-24(37)23(36)29-16-3-5-17(6-4-16)30-26-33-25(28)34-27(35-26)31-18-7-9-19(10-8-18)48(38)46-13-14-47-50(42,43)44/h3-12,15H,2,13-14H2,1H3,(H,29,36)(H,32,37)(H,39,40,41)(H,42,43,44)(H2,30,31,33,34,35). The van der Waals surface area contributed by atoms with Gasteiger partial charge in [-0.3, -0.25) is 22.9 Å². The first-order valence-corrected chi connectivity index (χ1v) is 18.0. The Balaban J connectivity index is 1.34. The minimum absolute atomic E-state index is 0.0409. The Labute approximate surface area is 292 Å². The van der Waals surface area contributed by atoms with Gasteiger partial charge in [-0.05, 0) is 85.3 Å². The van der Waals surface area contributed by atoms with Crippen molar-refractivity contribution in [1.82, 2.24) is 15.0 Å². The molecular formula is C27H26ClN7O12S3. The van der Waals surface area contributed by atoms with Crippen molar-refractivity contribution in [3.63, 3.8) is 0 Å². The van der Waals surface area contributed by atoms with Crippen molar-refractivity contribution in [1.29, 1.82) is 0 Å². The number of nitrogens with zero attached hydrogens (tertiary/aromatic N) is 3. The van der Waals surface area contributed by atoms with E-state index in [9.17, 15) is 35.2 Å². The Morgan fingerprint density at radius 3 is 1.92 bits per heavy atom. The second-order valence-corrected chi connectivity index (χ2v) is 13.4. The topological polar surface area (TPSA) is 274 Å². The molecule has 1 aromatic heterocycles. The number of halogens is 1. The maximum Gasteiger partial charge on any atom is 0.397 e. The van der Waals surface area contributed by atoms with Crippen LogP contribution in [0.2, 0.25) is 5.28 Å². The molecule has 0 saturated heterocycles.